The Morgan fingerprint density at radius 2 is 1.57 bits per heavy atom. The summed E-state index contributed by atoms with van der Waals surface area (Å²) >= 11 is 0. The van der Waals surface area contributed by atoms with E-state index in [2.05, 4.69) is 69.3 Å². The Bertz CT molecular complexity index is 723. The molecule has 1 aliphatic rings. The molecule has 0 aliphatic carbocycles. The number of esters is 1. The van der Waals surface area contributed by atoms with Gasteiger partial charge in [-0.3, -0.25) is 4.79 Å². The topological polar surface area (TPSA) is 55.8 Å². The van der Waals surface area contributed by atoms with Crippen molar-refractivity contribution in [1.29, 1.82) is 0 Å². The van der Waals surface area contributed by atoms with Gasteiger partial charge in [0.2, 0.25) is 0 Å². The van der Waals surface area contributed by atoms with E-state index in [4.69, 9.17) is 9.16 Å². The fourth-order valence-corrected chi connectivity index (χ4v) is 8.60. The van der Waals surface area contributed by atoms with Crippen LogP contribution >= 0.6 is 0 Å². The molecule has 1 saturated heterocycles. The van der Waals surface area contributed by atoms with Gasteiger partial charge in [-0.05, 0) is 21.8 Å². The molecule has 3 rings (SSSR count). The number of carbonyl (C=O) groups is 1. The zero-order valence-electron chi connectivity index (χ0n) is 16.9. The molecular formula is C23H30O4Si. The van der Waals surface area contributed by atoms with Gasteiger partial charge in [-0.1, -0.05) is 81.4 Å². The molecule has 2 atom stereocenters. The van der Waals surface area contributed by atoms with Crippen molar-refractivity contribution >= 4 is 24.7 Å². The van der Waals surface area contributed by atoms with Crippen molar-refractivity contribution < 1.29 is 19.1 Å². The van der Waals surface area contributed by atoms with Crippen molar-refractivity contribution in [2.45, 2.75) is 57.3 Å². The molecule has 1 N–H and O–H groups in total. The Labute approximate surface area is 168 Å². The predicted molar refractivity (Wildman–Crippen MR) is 113 cm³/mol. The summed E-state index contributed by atoms with van der Waals surface area (Å²) < 4.78 is 11.8. The van der Waals surface area contributed by atoms with E-state index in [1.807, 2.05) is 12.1 Å². The van der Waals surface area contributed by atoms with Gasteiger partial charge in [-0.2, -0.15) is 0 Å². The Balaban J connectivity index is 1.81. The summed E-state index contributed by atoms with van der Waals surface area (Å²) in [6.45, 7) is 7.19. The van der Waals surface area contributed by atoms with Crippen molar-refractivity contribution in [3.63, 3.8) is 0 Å². The maximum Gasteiger partial charge on any atom is 0.309 e. The largest absolute Gasteiger partial charge is 0.462 e. The summed E-state index contributed by atoms with van der Waals surface area (Å²) in [5, 5.41) is 12.7. The van der Waals surface area contributed by atoms with Crippen LogP contribution in [0.1, 0.15) is 40.0 Å². The average Bonchev–Trinajstić information content (AvgIpc) is 2.64. The van der Waals surface area contributed by atoms with E-state index in [-0.39, 0.29) is 17.1 Å². The lowest BCUT2D eigenvalue weighted by atomic mass is 10.0. The number of cyclic esters (lactones) is 1. The predicted octanol–water partition coefficient (Wildman–Crippen LogP) is 3.02. The zero-order chi connectivity index (χ0) is 20.2. The van der Waals surface area contributed by atoms with E-state index in [1.54, 1.807) is 0 Å². The number of hydrogen-bond acceptors (Lipinski definition) is 4. The first kappa shape index (κ1) is 20.8. The molecule has 28 heavy (non-hydrogen) atoms. The summed E-state index contributed by atoms with van der Waals surface area (Å²) in [6.07, 6.45) is 0.743. The third-order valence-corrected chi connectivity index (χ3v) is 10.5. The van der Waals surface area contributed by atoms with Crippen LogP contribution in [0, 0.1) is 0 Å². The molecule has 1 aliphatic heterocycles. The number of benzene rings is 2. The van der Waals surface area contributed by atoms with Gasteiger partial charge in [0, 0.05) is 13.0 Å². The van der Waals surface area contributed by atoms with Crippen molar-refractivity contribution in [1.82, 2.24) is 0 Å². The second kappa shape index (κ2) is 8.60. The van der Waals surface area contributed by atoms with Crippen LogP contribution in [-0.4, -0.2) is 38.2 Å². The Morgan fingerprint density at radius 1 is 1.07 bits per heavy atom. The molecule has 2 aromatic carbocycles. The number of hydrogen-bond donors (Lipinski definition) is 1. The van der Waals surface area contributed by atoms with Gasteiger partial charge in [-0.15, -0.1) is 0 Å². The molecule has 150 valence electrons. The van der Waals surface area contributed by atoms with Gasteiger partial charge in [0.05, 0.1) is 12.5 Å². The monoisotopic (exact) mass is 398 g/mol. The lowest BCUT2D eigenvalue weighted by molar-refractivity contribution is -0.171. The quantitative estimate of drug-likeness (QED) is 0.549. The van der Waals surface area contributed by atoms with Gasteiger partial charge in [0.1, 0.15) is 6.10 Å². The summed E-state index contributed by atoms with van der Waals surface area (Å²) in [5.74, 6) is -0.180. The number of ether oxygens (including phenoxy) is 1. The first-order valence-corrected chi connectivity index (χ1v) is 11.9. The van der Waals surface area contributed by atoms with Gasteiger partial charge in [0.25, 0.3) is 8.32 Å². The molecule has 0 amide bonds. The summed E-state index contributed by atoms with van der Waals surface area (Å²) in [4.78, 5) is 10.9. The molecule has 1 heterocycles. The van der Waals surface area contributed by atoms with Crippen LogP contribution in [-0.2, 0) is 14.0 Å². The Hall–Kier alpha value is -1.95. The lowest BCUT2D eigenvalue weighted by Gasteiger charge is -2.43. The van der Waals surface area contributed by atoms with Crippen molar-refractivity contribution in [2.24, 2.45) is 0 Å². The highest BCUT2D eigenvalue weighted by atomic mass is 28.4. The van der Waals surface area contributed by atoms with Gasteiger partial charge in [0.15, 0.2) is 0 Å². The number of rotatable bonds is 8. The second-order valence-corrected chi connectivity index (χ2v) is 12.8. The molecule has 2 aromatic rings. The van der Waals surface area contributed by atoms with Crippen LogP contribution in [0.3, 0.4) is 0 Å². The highest BCUT2D eigenvalue weighted by molar-refractivity contribution is 6.99. The van der Waals surface area contributed by atoms with Crippen LogP contribution < -0.4 is 10.4 Å². The van der Waals surface area contributed by atoms with Crippen LogP contribution in [0.15, 0.2) is 60.7 Å². The SMILES string of the molecule is CC(C)(C)[Si](OCC[C@H](O)C[C@H]1CC(=O)O1)(c1ccccc1)c1ccccc1. The number of aliphatic hydroxyl groups is 1. The normalized spacial score (nSPS) is 18.3. The van der Waals surface area contributed by atoms with Crippen molar-refractivity contribution in [2.75, 3.05) is 6.61 Å². The fraction of sp³-hybridized carbons (Fsp3) is 0.435. The smallest absolute Gasteiger partial charge is 0.309 e. The molecule has 0 aromatic heterocycles. The van der Waals surface area contributed by atoms with Crippen LogP contribution in [0.25, 0.3) is 0 Å². The Kier molecular flexibility index (Phi) is 6.38. The maximum absolute atomic E-state index is 10.9. The average molecular weight is 399 g/mol. The highest BCUT2D eigenvalue weighted by Crippen LogP contribution is 2.36. The minimum Gasteiger partial charge on any atom is -0.462 e. The molecule has 0 spiro atoms. The Morgan fingerprint density at radius 3 is 2.00 bits per heavy atom. The molecule has 0 bridgehead atoms. The summed E-state index contributed by atoms with van der Waals surface area (Å²) in [7, 11) is -2.56. The van der Waals surface area contributed by atoms with E-state index in [0.29, 0.717) is 25.9 Å². The van der Waals surface area contributed by atoms with Crippen LogP contribution in [0.4, 0.5) is 0 Å². The summed E-state index contributed by atoms with van der Waals surface area (Å²) in [5.41, 5.74) is 0. The van der Waals surface area contributed by atoms with Crippen molar-refractivity contribution in [3.8, 4) is 0 Å². The molecule has 0 saturated carbocycles. The van der Waals surface area contributed by atoms with E-state index < -0.39 is 14.4 Å². The number of aliphatic hydroxyl groups excluding tert-OH is 1. The van der Waals surface area contributed by atoms with Gasteiger partial charge in [-0.25, -0.2) is 0 Å². The maximum atomic E-state index is 10.9. The van der Waals surface area contributed by atoms with Gasteiger partial charge >= 0.3 is 5.97 Å². The van der Waals surface area contributed by atoms with E-state index in [9.17, 15) is 9.90 Å². The zero-order valence-corrected chi connectivity index (χ0v) is 17.9. The second-order valence-electron chi connectivity index (χ2n) is 8.51. The highest BCUT2D eigenvalue weighted by Gasteiger charge is 2.50. The van der Waals surface area contributed by atoms with Crippen LogP contribution in [0.2, 0.25) is 5.04 Å². The third-order valence-electron chi connectivity index (χ3n) is 5.41. The van der Waals surface area contributed by atoms with E-state index in [1.165, 1.54) is 10.4 Å². The van der Waals surface area contributed by atoms with Crippen molar-refractivity contribution in [3.05, 3.63) is 60.7 Å². The number of carbonyl (C=O) groups excluding carboxylic acids is 1. The molecule has 0 unspecified atom stereocenters. The fourth-order valence-electron chi connectivity index (χ4n) is 4.02. The first-order valence-electron chi connectivity index (χ1n) is 9.95. The molecule has 5 heteroatoms. The minimum absolute atomic E-state index is 0.0792. The molecule has 0 radical (unpaired) electrons. The van der Waals surface area contributed by atoms with E-state index >= 15 is 0 Å². The first-order chi connectivity index (χ1) is 13.3. The molecule has 4 nitrogen and oxygen atoms in total. The third kappa shape index (κ3) is 4.37. The van der Waals surface area contributed by atoms with E-state index in [0.717, 1.165) is 0 Å². The van der Waals surface area contributed by atoms with Crippen LogP contribution in [0.5, 0.6) is 0 Å². The molecule has 1 fully saturated rings. The lowest BCUT2D eigenvalue weighted by Crippen LogP contribution is -2.66. The minimum atomic E-state index is -2.56. The molecular weight excluding hydrogens is 368 g/mol. The standard InChI is InChI=1S/C23H30O4Si/c1-23(2,3)28(20-10-6-4-7-11-20,21-12-8-5-9-13-21)26-15-14-18(24)16-19-17-22(25)27-19/h4-13,18-19,24H,14-17H2,1-3H3/t18-,19-/m0/s1. The van der Waals surface area contributed by atoms with Gasteiger partial charge < -0.3 is 14.3 Å². The summed E-state index contributed by atoms with van der Waals surface area (Å²) in [6, 6.07) is 21.0.